The molecule has 1 heterocycles. The number of aliphatic carboxylic acids is 1. The van der Waals surface area contributed by atoms with Crippen LogP contribution in [0.2, 0.25) is 0 Å². The third-order valence-electron chi connectivity index (χ3n) is 7.38. The van der Waals surface area contributed by atoms with Crippen molar-refractivity contribution in [2.45, 2.75) is 69.1 Å². The molecule has 0 unspecified atom stereocenters. The van der Waals surface area contributed by atoms with Crippen LogP contribution in [-0.2, 0) is 10.2 Å². The van der Waals surface area contributed by atoms with Gasteiger partial charge in [0.05, 0.1) is 14.2 Å². The lowest BCUT2D eigenvalue weighted by atomic mass is 9.65. The number of nitrogens with one attached hydrogen (secondary N) is 1. The van der Waals surface area contributed by atoms with E-state index >= 15 is 0 Å². The summed E-state index contributed by atoms with van der Waals surface area (Å²) in [7, 11) is 7.84. The highest BCUT2D eigenvalue weighted by atomic mass is 32.1. The summed E-state index contributed by atoms with van der Waals surface area (Å²) < 4.78 is 42.8. The minimum atomic E-state index is -5.08. The van der Waals surface area contributed by atoms with Crippen LogP contribution in [0.25, 0.3) is 0 Å². The second-order valence-electron chi connectivity index (χ2n) is 9.40. The summed E-state index contributed by atoms with van der Waals surface area (Å²) >= 11 is 5.67. The Kier molecular flexibility index (Phi) is 10.7. The largest absolute Gasteiger partial charge is 0.493 e. The molecule has 0 radical (unpaired) electrons. The number of thiocarbonyl (C=S) groups is 1. The van der Waals surface area contributed by atoms with Crippen molar-refractivity contribution in [1.82, 2.24) is 15.1 Å². The van der Waals surface area contributed by atoms with Crippen LogP contribution in [0.1, 0.15) is 51.0 Å². The number of unbranched alkanes of at least 4 members (excludes halogenated alkanes) is 1. The van der Waals surface area contributed by atoms with Crippen molar-refractivity contribution in [2.24, 2.45) is 0 Å². The number of hydrogen-bond acceptors (Lipinski definition) is 5. The molecule has 0 spiro atoms. The number of carboxylic acids is 1. The second kappa shape index (κ2) is 12.8. The Morgan fingerprint density at radius 1 is 1.28 bits per heavy atom. The molecule has 2 aliphatic rings. The van der Waals surface area contributed by atoms with Crippen LogP contribution in [0.5, 0.6) is 11.5 Å². The summed E-state index contributed by atoms with van der Waals surface area (Å²) in [4.78, 5) is 13.7. The van der Waals surface area contributed by atoms with Gasteiger partial charge in [0.2, 0.25) is 0 Å². The molecule has 1 aliphatic carbocycles. The van der Waals surface area contributed by atoms with E-state index in [1.165, 1.54) is 24.8 Å². The van der Waals surface area contributed by atoms with Gasteiger partial charge in [-0.1, -0.05) is 19.4 Å². The third-order valence-corrected chi connectivity index (χ3v) is 7.81. The summed E-state index contributed by atoms with van der Waals surface area (Å²) in [5, 5.41) is 11.5. The number of ether oxygens (including phenoxy) is 2. The fourth-order valence-electron chi connectivity index (χ4n) is 5.26. The number of fused-ring (bicyclic) bond motifs is 1. The lowest BCUT2D eigenvalue weighted by Gasteiger charge is -2.47. The first-order valence-corrected chi connectivity index (χ1v) is 12.6. The Balaban J connectivity index is 0.000000572. The lowest BCUT2D eigenvalue weighted by molar-refractivity contribution is -0.192. The average molecular weight is 534 g/mol. The molecule has 1 aromatic rings. The molecule has 0 aromatic heterocycles. The molecular weight excluding hydrogens is 495 g/mol. The van der Waals surface area contributed by atoms with Gasteiger partial charge < -0.3 is 29.7 Å². The van der Waals surface area contributed by atoms with Gasteiger partial charge in [-0.05, 0) is 75.6 Å². The monoisotopic (exact) mass is 533 g/mol. The normalized spacial score (nSPS) is 23.7. The van der Waals surface area contributed by atoms with Crippen LogP contribution in [0.4, 0.5) is 13.2 Å². The van der Waals surface area contributed by atoms with E-state index in [1.54, 1.807) is 14.2 Å². The zero-order valence-corrected chi connectivity index (χ0v) is 22.5. The average Bonchev–Trinajstić information content (AvgIpc) is 3.19. The molecule has 1 aromatic carbocycles. The summed E-state index contributed by atoms with van der Waals surface area (Å²) in [5.74, 6) is -1.13. The number of alkyl halides is 3. The zero-order valence-electron chi connectivity index (χ0n) is 21.7. The van der Waals surface area contributed by atoms with Gasteiger partial charge in [-0.15, -0.1) is 0 Å². The highest BCUT2D eigenvalue weighted by molar-refractivity contribution is 7.80. The van der Waals surface area contributed by atoms with E-state index in [-0.39, 0.29) is 5.41 Å². The summed E-state index contributed by atoms with van der Waals surface area (Å²) in [6, 6.07) is 7.50. The van der Waals surface area contributed by atoms with E-state index in [4.69, 9.17) is 31.6 Å². The molecule has 0 amide bonds. The van der Waals surface area contributed by atoms with Gasteiger partial charge in [0, 0.05) is 31.1 Å². The number of likely N-dealkylation sites (N-methyl/N-ethyl adjacent to an activating group) is 1. The van der Waals surface area contributed by atoms with Crippen molar-refractivity contribution in [3.05, 3.63) is 23.8 Å². The zero-order chi connectivity index (χ0) is 27.1. The number of benzene rings is 1. The molecule has 0 bridgehead atoms. The van der Waals surface area contributed by atoms with Gasteiger partial charge in [-0.3, -0.25) is 0 Å². The van der Waals surface area contributed by atoms with Crippen molar-refractivity contribution in [1.29, 1.82) is 0 Å². The molecule has 7 nitrogen and oxygen atoms in total. The number of nitrogens with zero attached hydrogens (tertiary/aromatic N) is 2. The third kappa shape index (κ3) is 6.94. The number of likely N-dealkylation sites (tertiary alicyclic amines) is 1. The molecule has 1 saturated heterocycles. The molecule has 36 heavy (non-hydrogen) atoms. The number of carboxylic acid groups (broad SMARTS) is 1. The second-order valence-corrected chi connectivity index (χ2v) is 9.79. The van der Waals surface area contributed by atoms with E-state index in [0.29, 0.717) is 12.1 Å². The number of methoxy groups -OCH3 is 2. The van der Waals surface area contributed by atoms with E-state index in [2.05, 4.69) is 54.3 Å². The molecule has 3 atom stereocenters. The number of hydrogen-bond donors (Lipinski definition) is 2. The molecule has 2 fully saturated rings. The Morgan fingerprint density at radius 3 is 2.47 bits per heavy atom. The Morgan fingerprint density at radius 2 is 1.92 bits per heavy atom. The molecular formula is C25H38F3N3O4S. The molecule has 1 aliphatic heterocycles. The van der Waals surface area contributed by atoms with Gasteiger partial charge in [0.1, 0.15) is 0 Å². The lowest BCUT2D eigenvalue weighted by Crippen LogP contribution is -2.53. The number of carbonyl (C=O) groups is 1. The van der Waals surface area contributed by atoms with Gasteiger partial charge in [-0.25, -0.2) is 4.79 Å². The van der Waals surface area contributed by atoms with E-state index < -0.39 is 12.1 Å². The van der Waals surface area contributed by atoms with E-state index in [0.717, 1.165) is 49.0 Å². The quantitative estimate of drug-likeness (QED) is 0.394. The fraction of sp³-hybridized carbons (Fsp3) is 0.680. The highest BCUT2D eigenvalue weighted by Gasteiger charge is 2.51. The van der Waals surface area contributed by atoms with Crippen molar-refractivity contribution < 1.29 is 32.5 Å². The van der Waals surface area contributed by atoms with Gasteiger partial charge >= 0.3 is 12.1 Å². The minimum absolute atomic E-state index is 0.183. The van der Waals surface area contributed by atoms with Crippen LogP contribution < -0.4 is 14.8 Å². The molecule has 204 valence electrons. The predicted molar refractivity (Wildman–Crippen MR) is 137 cm³/mol. The minimum Gasteiger partial charge on any atom is -0.493 e. The highest BCUT2D eigenvalue weighted by Crippen LogP contribution is 2.50. The molecule has 2 N–H and O–H groups in total. The standard InChI is InChI=1S/C23H37N3O2S.C2HF3O2/c1-6-7-13-24-22(29)26(3)18-10-11-23(12-14-25(2)21(23)16-18)17-8-9-19(27-4)20(15-17)28-5;3-2(4,5)1(6)7/h8-9,15,18,21H,6-7,10-14,16H2,1-5H3,(H,24,29);(H,6,7)/t18-,21-,23-;/m0./s1. The first kappa shape index (κ1) is 30.0. The molecule has 11 heteroatoms. The Hall–Kier alpha value is -2.27. The van der Waals surface area contributed by atoms with E-state index in [1.807, 2.05) is 0 Å². The molecule has 3 rings (SSSR count). The topological polar surface area (TPSA) is 74.3 Å². The number of rotatable bonds is 7. The van der Waals surface area contributed by atoms with Crippen molar-refractivity contribution >= 4 is 23.3 Å². The predicted octanol–water partition coefficient (Wildman–Crippen LogP) is 4.44. The maximum atomic E-state index is 10.6. The van der Waals surface area contributed by atoms with Crippen LogP contribution >= 0.6 is 12.2 Å². The van der Waals surface area contributed by atoms with Crippen LogP contribution in [-0.4, -0.2) is 85.7 Å². The molecule has 1 saturated carbocycles. The summed E-state index contributed by atoms with van der Waals surface area (Å²) in [6.07, 6.45) is 1.92. The SMILES string of the molecule is CCCCNC(=S)N(C)[C@H]1CC[C@@]2(c3ccc(OC)c(OC)c3)CCN(C)[C@H]2C1.O=C(O)C(F)(F)F. The Labute approximate surface area is 216 Å². The smallest absolute Gasteiger partial charge is 0.490 e. The van der Waals surface area contributed by atoms with Gasteiger partial charge in [0.15, 0.2) is 16.6 Å². The van der Waals surface area contributed by atoms with Crippen molar-refractivity contribution in [3.63, 3.8) is 0 Å². The fourth-order valence-corrected chi connectivity index (χ4v) is 5.51. The van der Waals surface area contributed by atoms with Crippen LogP contribution in [0.3, 0.4) is 0 Å². The van der Waals surface area contributed by atoms with Gasteiger partial charge in [0.25, 0.3) is 0 Å². The van der Waals surface area contributed by atoms with Crippen LogP contribution in [0.15, 0.2) is 18.2 Å². The van der Waals surface area contributed by atoms with E-state index in [9.17, 15) is 13.2 Å². The Bertz CT molecular complexity index is 902. The van der Waals surface area contributed by atoms with Crippen molar-refractivity contribution in [3.8, 4) is 11.5 Å². The first-order chi connectivity index (χ1) is 16.9. The maximum Gasteiger partial charge on any atom is 0.490 e. The van der Waals surface area contributed by atoms with Crippen molar-refractivity contribution in [2.75, 3.05) is 41.4 Å². The van der Waals surface area contributed by atoms with Crippen LogP contribution in [0, 0.1) is 0 Å². The summed E-state index contributed by atoms with van der Waals surface area (Å²) in [6.45, 7) is 4.30. The maximum absolute atomic E-state index is 10.6. The first-order valence-electron chi connectivity index (χ1n) is 12.1. The van der Waals surface area contributed by atoms with Gasteiger partial charge in [-0.2, -0.15) is 13.2 Å². The number of halogens is 3. The summed E-state index contributed by atoms with van der Waals surface area (Å²) in [5.41, 5.74) is 1.57.